The molecule has 0 saturated heterocycles. The van der Waals surface area contributed by atoms with Crippen LogP contribution in [0.4, 0.5) is 0 Å². The van der Waals surface area contributed by atoms with Gasteiger partial charge in [0.2, 0.25) is 0 Å². The Morgan fingerprint density at radius 3 is 2.75 bits per heavy atom. The third kappa shape index (κ3) is 3.19. The quantitative estimate of drug-likeness (QED) is 0.872. The van der Waals surface area contributed by atoms with Crippen LogP contribution in [0.5, 0.6) is 0 Å². The van der Waals surface area contributed by atoms with Crippen LogP contribution < -0.4 is 11.1 Å². The summed E-state index contributed by atoms with van der Waals surface area (Å²) in [5, 5.41) is 7.58. The number of para-hydroxylation sites is 1. The van der Waals surface area contributed by atoms with Crippen LogP contribution in [0.2, 0.25) is 0 Å². The maximum Gasteiger partial charge on any atom is 0.272 e. The first kappa shape index (κ1) is 17.0. The number of nitrogens with two attached hydrogens (primary N) is 1. The SMILES string of the molecule is Cl.NC(CNC(=O)c1nn(-c2ccccc2)c2c1CCC2)C1CC1. The molecule has 0 bridgehead atoms. The number of benzene rings is 1. The Morgan fingerprint density at radius 2 is 2.04 bits per heavy atom. The molecule has 1 unspecified atom stereocenters. The van der Waals surface area contributed by atoms with E-state index in [1.165, 1.54) is 18.5 Å². The summed E-state index contributed by atoms with van der Waals surface area (Å²) in [6, 6.07) is 10.1. The lowest BCUT2D eigenvalue weighted by Gasteiger charge is -2.11. The van der Waals surface area contributed by atoms with E-state index < -0.39 is 0 Å². The van der Waals surface area contributed by atoms with Crippen LogP contribution in [0.15, 0.2) is 30.3 Å². The zero-order chi connectivity index (χ0) is 15.8. The summed E-state index contributed by atoms with van der Waals surface area (Å²) in [5.41, 5.74) is 9.94. The van der Waals surface area contributed by atoms with Crippen LogP contribution in [-0.2, 0) is 12.8 Å². The van der Waals surface area contributed by atoms with E-state index in [9.17, 15) is 4.79 Å². The van der Waals surface area contributed by atoms with Crippen molar-refractivity contribution < 1.29 is 4.79 Å². The van der Waals surface area contributed by atoms with Crippen LogP contribution in [0.1, 0.15) is 41.0 Å². The van der Waals surface area contributed by atoms with Crippen molar-refractivity contribution >= 4 is 18.3 Å². The molecule has 128 valence electrons. The maximum absolute atomic E-state index is 12.6. The molecule has 3 N–H and O–H groups in total. The minimum atomic E-state index is -0.0890. The van der Waals surface area contributed by atoms with E-state index in [4.69, 9.17) is 5.73 Å². The number of hydrogen-bond donors (Lipinski definition) is 2. The average Bonchev–Trinajstić information content (AvgIpc) is 3.21. The van der Waals surface area contributed by atoms with Gasteiger partial charge < -0.3 is 11.1 Å². The zero-order valence-corrected chi connectivity index (χ0v) is 14.4. The van der Waals surface area contributed by atoms with Gasteiger partial charge in [-0.05, 0) is 50.2 Å². The van der Waals surface area contributed by atoms with Gasteiger partial charge in [-0.15, -0.1) is 12.4 Å². The Kier molecular flexibility index (Phi) is 4.92. The fourth-order valence-electron chi connectivity index (χ4n) is 3.39. The number of fused-ring (bicyclic) bond motifs is 1. The molecule has 5 nitrogen and oxygen atoms in total. The van der Waals surface area contributed by atoms with Crippen LogP contribution in [-0.4, -0.2) is 28.3 Å². The van der Waals surface area contributed by atoms with E-state index in [0.29, 0.717) is 18.2 Å². The Labute approximate surface area is 148 Å². The first-order valence-electron chi connectivity index (χ1n) is 8.44. The molecule has 0 spiro atoms. The van der Waals surface area contributed by atoms with Gasteiger partial charge in [0.15, 0.2) is 5.69 Å². The molecule has 1 atom stereocenters. The number of halogens is 1. The number of nitrogens with one attached hydrogen (secondary N) is 1. The Morgan fingerprint density at radius 1 is 1.29 bits per heavy atom. The van der Waals surface area contributed by atoms with Crippen molar-refractivity contribution in [1.82, 2.24) is 15.1 Å². The topological polar surface area (TPSA) is 72.9 Å². The normalized spacial score (nSPS) is 17.0. The highest BCUT2D eigenvalue weighted by molar-refractivity contribution is 5.94. The Bertz CT molecular complexity index is 724. The molecule has 1 amide bonds. The van der Waals surface area contributed by atoms with E-state index in [-0.39, 0.29) is 24.4 Å². The van der Waals surface area contributed by atoms with Crippen LogP contribution in [0, 0.1) is 5.92 Å². The summed E-state index contributed by atoms with van der Waals surface area (Å²) in [7, 11) is 0. The average molecular weight is 347 g/mol. The predicted molar refractivity (Wildman–Crippen MR) is 95.9 cm³/mol. The maximum atomic E-state index is 12.6. The largest absolute Gasteiger partial charge is 0.349 e. The van der Waals surface area contributed by atoms with E-state index in [1.807, 2.05) is 35.0 Å². The van der Waals surface area contributed by atoms with Gasteiger partial charge in [-0.2, -0.15) is 5.10 Å². The number of carbonyl (C=O) groups is 1. The second kappa shape index (κ2) is 6.95. The molecule has 1 heterocycles. The standard InChI is InChI=1S/C18H22N4O.ClH/c19-15(12-9-10-12)11-20-18(23)17-14-7-4-8-16(14)22(21-17)13-5-2-1-3-6-13;/h1-3,5-6,12,15H,4,7-11,19H2,(H,20,23);1H. The van der Waals surface area contributed by atoms with Gasteiger partial charge in [0, 0.05) is 23.8 Å². The highest BCUT2D eigenvalue weighted by Crippen LogP contribution is 2.31. The summed E-state index contributed by atoms with van der Waals surface area (Å²) in [4.78, 5) is 12.6. The molecule has 2 aliphatic carbocycles. The number of carbonyl (C=O) groups excluding carboxylic acids is 1. The monoisotopic (exact) mass is 346 g/mol. The third-order valence-electron chi connectivity index (χ3n) is 4.87. The van der Waals surface area contributed by atoms with Crippen molar-refractivity contribution in [3.05, 3.63) is 47.3 Å². The van der Waals surface area contributed by atoms with E-state index in [1.54, 1.807) is 0 Å². The number of aromatic nitrogens is 2. The summed E-state index contributed by atoms with van der Waals surface area (Å²) in [6.07, 6.45) is 5.37. The molecular weight excluding hydrogens is 324 g/mol. The van der Waals surface area contributed by atoms with E-state index >= 15 is 0 Å². The van der Waals surface area contributed by atoms with E-state index in [2.05, 4.69) is 10.4 Å². The van der Waals surface area contributed by atoms with Crippen LogP contribution >= 0.6 is 12.4 Å². The summed E-state index contributed by atoms with van der Waals surface area (Å²) >= 11 is 0. The molecule has 2 aromatic rings. The van der Waals surface area contributed by atoms with Gasteiger partial charge in [-0.3, -0.25) is 4.79 Å². The molecule has 0 aliphatic heterocycles. The number of nitrogens with zero attached hydrogens (tertiary/aromatic N) is 2. The second-order valence-corrected chi connectivity index (χ2v) is 6.59. The molecule has 6 heteroatoms. The van der Waals surface area contributed by atoms with Crippen LogP contribution in [0.3, 0.4) is 0 Å². The van der Waals surface area contributed by atoms with Crippen molar-refractivity contribution in [2.45, 2.75) is 38.1 Å². The Balaban J connectivity index is 0.00000169. The third-order valence-corrected chi connectivity index (χ3v) is 4.87. The van der Waals surface area contributed by atoms with Gasteiger partial charge in [-0.25, -0.2) is 4.68 Å². The van der Waals surface area contributed by atoms with Gasteiger partial charge >= 0.3 is 0 Å². The van der Waals surface area contributed by atoms with Gasteiger partial charge in [0.05, 0.1) is 5.69 Å². The lowest BCUT2D eigenvalue weighted by Crippen LogP contribution is -2.39. The summed E-state index contributed by atoms with van der Waals surface area (Å²) in [5.74, 6) is 0.497. The van der Waals surface area contributed by atoms with Crippen molar-refractivity contribution in [3.8, 4) is 5.69 Å². The zero-order valence-electron chi connectivity index (χ0n) is 13.6. The number of hydrogen-bond acceptors (Lipinski definition) is 3. The molecule has 24 heavy (non-hydrogen) atoms. The molecule has 2 aliphatic rings. The van der Waals surface area contributed by atoms with Crippen molar-refractivity contribution in [2.24, 2.45) is 11.7 Å². The lowest BCUT2D eigenvalue weighted by molar-refractivity contribution is 0.0944. The van der Waals surface area contributed by atoms with Crippen LogP contribution in [0.25, 0.3) is 5.69 Å². The number of rotatable bonds is 5. The molecule has 1 saturated carbocycles. The minimum Gasteiger partial charge on any atom is -0.349 e. The second-order valence-electron chi connectivity index (χ2n) is 6.59. The summed E-state index contributed by atoms with van der Waals surface area (Å²) in [6.45, 7) is 0.538. The fraction of sp³-hybridized carbons (Fsp3) is 0.444. The van der Waals surface area contributed by atoms with Crippen molar-refractivity contribution in [3.63, 3.8) is 0 Å². The molecule has 1 fully saturated rings. The lowest BCUT2D eigenvalue weighted by atomic mass is 10.1. The first-order valence-corrected chi connectivity index (χ1v) is 8.44. The van der Waals surface area contributed by atoms with Gasteiger partial charge in [-0.1, -0.05) is 18.2 Å². The Hall–Kier alpha value is -1.85. The first-order chi connectivity index (χ1) is 11.2. The van der Waals surface area contributed by atoms with Gasteiger partial charge in [0.1, 0.15) is 0 Å². The highest BCUT2D eigenvalue weighted by atomic mass is 35.5. The van der Waals surface area contributed by atoms with Crippen molar-refractivity contribution in [1.29, 1.82) is 0 Å². The molecule has 1 aromatic heterocycles. The molecule has 4 rings (SSSR count). The predicted octanol–water partition coefficient (Wildman–Crippen LogP) is 2.25. The smallest absolute Gasteiger partial charge is 0.272 e. The van der Waals surface area contributed by atoms with Gasteiger partial charge in [0.25, 0.3) is 5.91 Å². The molecular formula is C18H23ClN4O. The minimum absolute atomic E-state index is 0. The van der Waals surface area contributed by atoms with Crippen molar-refractivity contribution in [2.75, 3.05) is 6.54 Å². The molecule has 1 aromatic carbocycles. The van der Waals surface area contributed by atoms with E-state index in [0.717, 1.165) is 30.5 Å². The molecule has 0 radical (unpaired) electrons. The highest BCUT2D eigenvalue weighted by Gasteiger charge is 2.30. The summed E-state index contributed by atoms with van der Waals surface area (Å²) < 4.78 is 1.93. The fourth-order valence-corrected chi connectivity index (χ4v) is 3.39. The number of amides is 1.